The summed E-state index contributed by atoms with van der Waals surface area (Å²) in [5, 5.41) is 16.3. The molecule has 17 heteroatoms. The molecule has 5 aliphatic heterocycles. The van der Waals surface area contributed by atoms with Crippen molar-refractivity contribution in [3.63, 3.8) is 0 Å². The van der Waals surface area contributed by atoms with Crippen molar-refractivity contribution in [2.24, 2.45) is 33.8 Å². The maximum Gasteiger partial charge on any atom is 0.410 e. The smallest absolute Gasteiger partial charge is 0.410 e. The van der Waals surface area contributed by atoms with E-state index in [1.54, 1.807) is 11.8 Å². The number of hydrogen-bond donors (Lipinski definition) is 1. The van der Waals surface area contributed by atoms with Gasteiger partial charge in [-0.1, -0.05) is 45.0 Å². The number of ether oxygens (including phenoxy) is 6. The van der Waals surface area contributed by atoms with Crippen LogP contribution < -0.4 is 0 Å². The Balaban J connectivity index is 1.31. The number of benzene rings is 1. The lowest BCUT2D eigenvalue weighted by Crippen LogP contribution is -2.60. The molecule has 326 valence electrons. The van der Waals surface area contributed by atoms with Crippen molar-refractivity contribution in [1.29, 1.82) is 0 Å². The highest BCUT2D eigenvalue weighted by Gasteiger charge is 2.60. The molecule has 1 aromatic carbocycles. The highest BCUT2D eigenvalue weighted by atomic mass is 32.1. The van der Waals surface area contributed by atoms with Crippen LogP contribution in [0.5, 0.6) is 0 Å². The van der Waals surface area contributed by atoms with Crippen LogP contribution in [-0.2, 0) is 44.7 Å². The highest BCUT2D eigenvalue weighted by molar-refractivity contribution is 7.00. The van der Waals surface area contributed by atoms with E-state index in [9.17, 15) is 14.7 Å². The van der Waals surface area contributed by atoms with Gasteiger partial charge in [0.2, 0.25) is 0 Å². The fourth-order valence-electron chi connectivity index (χ4n) is 10.4. The molecule has 4 fully saturated rings. The van der Waals surface area contributed by atoms with Gasteiger partial charge in [-0.2, -0.15) is 8.75 Å². The van der Waals surface area contributed by atoms with Crippen LogP contribution in [0.1, 0.15) is 80.2 Å². The topological polar surface area (TPSA) is 176 Å². The van der Waals surface area contributed by atoms with Crippen LogP contribution >= 0.6 is 11.7 Å². The van der Waals surface area contributed by atoms with Crippen molar-refractivity contribution in [2.75, 3.05) is 40.4 Å². The molecule has 2 aromatic rings. The Bertz CT molecular complexity index is 1900. The van der Waals surface area contributed by atoms with Crippen LogP contribution in [0.2, 0.25) is 0 Å². The highest BCUT2D eigenvalue weighted by Crippen LogP contribution is 2.45. The summed E-state index contributed by atoms with van der Waals surface area (Å²) in [6, 6.07) is 5.08. The SMILES string of the molecule is CC[C@H]1OC(=O)[C@H](C)[C@H]2OC/C(=N\OCc3cccc4nsnc34)CO[C@](C)(C[C@@H](C)C3=NCCN4C(=O)O[C@@]1(C)[C@H]4[C@H]3C)[C@H](O[C@H]1O[C@@H](C)C[C@@H](N(C)C)[C@@H]1O)[C@H]2C. The number of aliphatic hydroxyl groups excluding tert-OH is 1. The number of aliphatic hydroxyl groups is 1. The molecule has 0 saturated carbocycles. The van der Waals surface area contributed by atoms with Crippen molar-refractivity contribution in [1.82, 2.24) is 18.5 Å². The predicted octanol–water partition coefficient (Wildman–Crippen LogP) is 4.85. The molecule has 7 rings (SSSR count). The molecule has 5 aliphatic rings. The van der Waals surface area contributed by atoms with Gasteiger partial charge >= 0.3 is 12.1 Å². The van der Waals surface area contributed by atoms with Gasteiger partial charge in [0.1, 0.15) is 35.6 Å². The Morgan fingerprint density at radius 2 is 1.86 bits per heavy atom. The summed E-state index contributed by atoms with van der Waals surface area (Å²) in [5.74, 6) is -2.27. The lowest BCUT2D eigenvalue weighted by molar-refractivity contribution is -0.302. The maximum absolute atomic E-state index is 14.5. The molecule has 4 bridgehead atoms. The number of carbonyl (C=O) groups is 2. The minimum Gasteiger partial charge on any atom is -0.458 e. The number of cyclic esters (lactones) is 1. The lowest BCUT2D eigenvalue weighted by Gasteiger charge is -2.48. The number of fused-ring (bicyclic) bond motifs is 5. The van der Waals surface area contributed by atoms with Crippen LogP contribution in [0.3, 0.4) is 0 Å². The number of likely N-dealkylation sites (N-methyl/N-ethyl adjacent to an activating group) is 1. The van der Waals surface area contributed by atoms with Gasteiger partial charge in [0.25, 0.3) is 0 Å². The van der Waals surface area contributed by atoms with Gasteiger partial charge in [0, 0.05) is 35.7 Å². The standard InChI is InChI=1S/C42H62N6O10S/c1-11-31-42(8)36-24(4)32(43-15-16-48(36)40(51)58-42)22(2)18-41(7)37(57-39-34(49)30(47(9)10)17-23(3)55-39)25(5)35(26(6)38(50)56-31)52-20-28(21-53-41)44-54-19-27-13-12-14-29-33(27)46-59-45-29/h12-14,22-26,30-31,34-37,39,49H,11,15-21H2,1-10H3/b44-28+/t22-,23+,24+,25+,26-,30-,31-,34+,35+,36-,37-,39-,41-,42-/m1/s1. The Labute approximate surface area is 351 Å². The first kappa shape index (κ1) is 43.8. The summed E-state index contributed by atoms with van der Waals surface area (Å²) >= 11 is 1.14. The Morgan fingerprint density at radius 3 is 2.61 bits per heavy atom. The average molecular weight is 843 g/mol. The largest absolute Gasteiger partial charge is 0.458 e. The van der Waals surface area contributed by atoms with Crippen LogP contribution in [0.4, 0.5) is 4.79 Å². The third-order valence-electron chi connectivity index (χ3n) is 13.3. The average Bonchev–Trinajstić information content (AvgIpc) is 3.73. The van der Waals surface area contributed by atoms with E-state index in [1.807, 2.05) is 71.8 Å². The number of esters is 1. The number of rotatable bonds is 7. The van der Waals surface area contributed by atoms with E-state index in [2.05, 4.69) is 27.8 Å². The van der Waals surface area contributed by atoms with Gasteiger partial charge in [-0.3, -0.25) is 14.7 Å². The van der Waals surface area contributed by atoms with E-state index in [-0.39, 0.29) is 43.8 Å². The van der Waals surface area contributed by atoms with Gasteiger partial charge in [0.05, 0.1) is 67.4 Å². The maximum atomic E-state index is 14.5. The fraction of sp³-hybridized carbons (Fsp3) is 0.762. The molecule has 6 heterocycles. The third-order valence-corrected chi connectivity index (χ3v) is 13.9. The molecule has 0 radical (unpaired) electrons. The molecule has 0 unspecified atom stereocenters. The second kappa shape index (κ2) is 17.6. The van der Waals surface area contributed by atoms with Crippen LogP contribution in [0.25, 0.3) is 11.0 Å². The number of hydrogen-bond acceptors (Lipinski definition) is 16. The molecule has 1 amide bonds. The van der Waals surface area contributed by atoms with Crippen LogP contribution in [-0.4, -0.2) is 148 Å². The second-order valence-electron chi connectivity index (χ2n) is 17.9. The lowest BCUT2D eigenvalue weighted by atomic mass is 9.72. The molecule has 4 saturated heterocycles. The number of oxime groups is 1. The van der Waals surface area contributed by atoms with Gasteiger partial charge < -0.3 is 43.3 Å². The van der Waals surface area contributed by atoms with Gasteiger partial charge in [-0.05, 0) is 73.0 Å². The second-order valence-corrected chi connectivity index (χ2v) is 18.4. The zero-order valence-electron chi connectivity index (χ0n) is 36.0. The summed E-state index contributed by atoms with van der Waals surface area (Å²) < 4.78 is 48.6. The molecular formula is C42H62N6O10S. The summed E-state index contributed by atoms with van der Waals surface area (Å²) in [6.07, 6.45) is -3.46. The van der Waals surface area contributed by atoms with E-state index in [4.69, 9.17) is 38.3 Å². The van der Waals surface area contributed by atoms with Crippen LogP contribution in [0, 0.1) is 23.7 Å². The summed E-state index contributed by atoms with van der Waals surface area (Å²) in [4.78, 5) is 42.9. The van der Waals surface area contributed by atoms with E-state index >= 15 is 0 Å². The van der Waals surface area contributed by atoms with Gasteiger partial charge in [-0.25, -0.2) is 4.79 Å². The van der Waals surface area contributed by atoms with E-state index < -0.39 is 71.8 Å². The molecule has 1 aromatic heterocycles. The van der Waals surface area contributed by atoms with E-state index in [1.165, 1.54) is 0 Å². The number of aromatic nitrogens is 2. The first-order chi connectivity index (χ1) is 28.1. The monoisotopic (exact) mass is 842 g/mol. The van der Waals surface area contributed by atoms with Gasteiger partial charge in [0.15, 0.2) is 11.9 Å². The minimum absolute atomic E-state index is 0.0109. The summed E-state index contributed by atoms with van der Waals surface area (Å²) in [5.41, 5.74) is 1.54. The van der Waals surface area contributed by atoms with Crippen molar-refractivity contribution in [3.8, 4) is 0 Å². The summed E-state index contributed by atoms with van der Waals surface area (Å²) in [7, 11) is 3.87. The van der Waals surface area contributed by atoms with Crippen molar-refractivity contribution < 1.29 is 48.0 Å². The van der Waals surface area contributed by atoms with Crippen molar-refractivity contribution >= 4 is 46.2 Å². The quantitative estimate of drug-likeness (QED) is 0.296. The first-order valence-electron chi connectivity index (χ1n) is 21.1. The van der Waals surface area contributed by atoms with Crippen molar-refractivity contribution in [3.05, 3.63) is 23.8 Å². The first-order valence-corrected chi connectivity index (χ1v) is 21.8. The molecular weight excluding hydrogens is 781 g/mol. The molecule has 1 N–H and O–H groups in total. The number of aliphatic imine (C=N–C) groups is 1. The Hall–Kier alpha value is -3.32. The van der Waals surface area contributed by atoms with Crippen LogP contribution in [0.15, 0.2) is 28.3 Å². The molecule has 14 atom stereocenters. The Morgan fingerprint density at radius 1 is 1.08 bits per heavy atom. The number of amides is 1. The molecule has 16 nitrogen and oxygen atoms in total. The Kier molecular flexibility index (Phi) is 13.0. The fourth-order valence-corrected chi connectivity index (χ4v) is 11.0. The van der Waals surface area contributed by atoms with Gasteiger partial charge in [-0.15, -0.1) is 0 Å². The van der Waals surface area contributed by atoms with E-state index in [0.29, 0.717) is 38.1 Å². The van der Waals surface area contributed by atoms with E-state index in [0.717, 1.165) is 34.0 Å². The molecule has 59 heavy (non-hydrogen) atoms. The summed E-state index contributed by atoms with van der Waals surface area (Å²) in [6.45, 7) is 16.7. The zero-order chi connectivity index (χ0) is 42.4. The molecule has 0 aliphatic carbocycles. The van der Waals surface area contributed by atoms with Crippen molar-refractivity contribution in [2.45, 2.75) is 141 Å². The predicted molar refractivity (Wildman–Crippen MR) is 220 cm³/mol. The number of nitrogens with zero attached hydrogens (tertiary/aromatic N) is 6. The molecule has 0 spiro atoms. The number of carbonyl (C=O) groups excluding carboxylic acids is 2. The third kappa shape index (κ3) is 8.49. The normalized spacial score (nSPS) is 40.4. The minimum atomic E-state index is -1.14. The zero-order valence-corrected chi connectivity index (χ0v) is 36.8.